The molecule has 1 aliphatic rings. The molecule has 3 rings (SSSR count). The van der Waals surface area contributed by atoms with Gasteiger partial charge in [-0.1, -0.05) is 37.9 Å². The van der Waals surface area contributed by atoms with E-state index in [1.165, 1.54) is 0 Å². The molecule has 4 nitrogen and oxygen atoms in total. The summed E-state index contributed by atoms with van der Waals surface area (Å²) in [4.78, 5) is 14.2. The monoisotopic (exact) mass is 467 g/mol. The van der Waals surface area contributed by atoms with Crippen molar-refractivity contribution in [1.82, 2.24) is 4.90 Å². The smallest absolute Gasteiger partial charge is 0.220 e. The number of fused-ring (bicyclic) bond motifs is 1. The lowest BCUT2D eigenvalue weighted by molar-refractivity contribution is -0.130. The second-order valence-corrected chi connectivity index (χ2v) is 7.77. The lowest BCUT2D eigenvalue weighted by Gasteiger charge is -2.38. The van der Waals surface area contributed by atoms with E-state index in [1.54, 1.807) is 21.1 Å². The van der Waals surface area contributed by atoms with Crippen molar-refractivity contribution in [2.45, 2.75) is 19.4 Å². The minimum absolute atomic E-state index is 0.0570. The third kappa shape index (κ3) is 3.42. The summed E-state index contributed by atoms with van der Waals surface area (Å²) in [5.74, 6) is 1.52. The molecule has 0 spiro atoms. The van der Waals surface area contributed by atoms with Crippen LogP contribution in [0.1, 0.15) is 29.7 Å². The highest BCUT2D eigenvalue weighted by atomic mass is 79.9. The zero-order chi connectivity index (χ0) is 18.1. The fourth-order valence-electron chi connectivity index (χ4n) is 3.48. The quantitative estimate of drug-likeness (QED) is 0.653. The summed E-state index contributed by atoms with van der Waals surface area (Å²) in [6, 6.07) is 9.87. The molecule has 2 aromatic rings. The van der Waals surface area contributed by atoms with Gasteiger partial charge in [0.05, 0.1) is 20.3 Å². The Morgan fingerprint density at radius 1 is 1.12 bits per heavy atom. The van der Waals surface area contributed by atoms with Gasteiger partial charge in [-0.2, -0.15) is 0 Å². The van der Waals surface area contributed by atoms with Crippen molar-refractivity contribution < 1.29 is 14.3 Å². The van der Waals surface area contributed by atoms with E-state index in [1.807, 2.05) is 23.1 Å². The van der Waals surface area contributed by atoms with Gasteiger partial charge in [-0.15, -0.1) is 0 Å². The molecule has 0 radical (unpaired) electrons. The van der Waals surface area contributed by atoms with Gasteiger partial charge in [-0.3, -0.25) is 4.79 Å². The van der Waals surface area contributed by atoms with Crippen LogP contribution in [0, 0.1) is 0 Å². The highest BCUT2D eigenvalue weighted by Crippen LogP contribution is 2.43. The van der Waals surface area contributed by atoms with E-state index in [9.17, 15) is 4.79 Å². The molecule has 1 unspecified atom stereocenters. The summed E-state index contributed by atoms with van der Waals surface area (Å²) < 4.78 is 13.0. The second kappa shape index (κ2) is 7.38. The first-order valence-corrected chi connectivity index (χ1v) is 9.51. The number of methoxy groups -OCH3 is 2. The van der Waals surface area contributed by atoms with E-state index >= 15 is 0 Å². The Balaban J connectivity index is 2.22. The van der Waals surface area contributed by atoms with Gasteiger partial charge < -0.3 is 14.4 Å². The standard InChI is InChI=1S/C19H19Br2NO3/c1-11(23)22-7-6-16-15(4-5-17(24-2)19(16)25-3)18(22)12-8-13(20)10-14(21)9-12/h4-5,8-10,18H,6-7H2,1-3H3. The topological polar surface area (TPSA) is 38.8 Å². The molecule has 25 heavy (non-hydrogen) atoms. The number of halogens is 2. The largest absolute Gasteiger partial charge is 0.493 e. The van der Waals surface area contributed by atoms with Crippen LogP contribution in [0.15, 0.2) is 39.3 Å². The average molecular weight is 469 g/mol. The van der Waals surface area contributed by atoms with Crippen LogP contribution in [0.3, 0.4) is 0 Å². The SMILES string of the molecule is COc1ccc2c(c1OC)CCN(C(C)=O)C2c1cc(Br)cc(Br)c1. The molecule has 0 saturated carbocycles. The van der Waals surface area contributed by atoms with Crippen LogP contribution in [0.5, 0.6) is 11.5 Å². The van der Waals surface area contributed by atoms with Crippen LogP contribution >= 0.6 is 31.9 Å². The van der Waals surface area contributed by atoms with Gasteiger partial charge >= 0.3 is 0 Å². The predicted molar refractivity (Wildman–Crippen MR) is 104 cm³/mol. The van der Waals surface area contributed by atoms with E-state index in [0.29, 0.717) is 12.3 Å². The van der Waals surface area contributed by atoms with Crippen molar-refractivity contribution in [2.75, 3.05) is 20.8 Å². The van der Waals surface area contributed by atoms with Crippen LogP contribution in [0.25, 0.3) is 0 Å². The van der Waals surface area contributed by atoms with Crippen molar-refractivity contribution in [1.29, 1.82) is 0 Å². The Bertz CT molecular complexity index is 802. The van der Waals surface area contributed by atoms with Crippen LogP contribution in [-0.4, -0.2) is 31.6 Å². The Labute approximate surface area is 164 Å². The Morgan fingerprint density at radius 3 is 2.36 bits per heavy atom. The summed E-state index contributed by atoms with van der Waals surface area (Å²) in [5, 5.41) is 0. The van der Waals surface area contributed by atoms with Gasteiger partial charge in [-0.25, -0.2) is 0 Å². The van der Waals surface area contributed by atoms with Gasteiger partial charge in [0.2, 0.25) is 5.91 Å². The molecule has 0 bridgehead atoms. The normalized spacial score (nSPS) is 16.4. The summed E-state index contributed by atoms with van der Waals surface area (Å²) >= 11 is 7.10. The van der Waals surface area contributed by atoms with E-state index in [-0.39, 0.29) is 11.9 Å². The van der Waals surface area contributed by atoms with Crippen LogP contribution in [0.2, 0.25) is 0 Å². The van der Waals surface area contributed by atoms with Gasteiger partial charge in [0.15, 0.2) is 11.5 Å². The number of ether oxygens (including phenoxy) is 2. The number of carbonyl (C=O) groups is 1. The molecular weight excluding hydrogens is 450 g/mol. The number of rotatable bonds is 3. The van der Waals surface area contributed by atoms with Crippen LogP contribution in [0.4, 0.5) is 0 Å². The fraction of sp³-hybridized carbons (Fsp3) is 0.316. The number of nitrogens with zero attached hydrogens (tertiary/aromatic N) is 1. The number of hydrogen-bond donors (Lipinski definition) is 0. The molecule has 0 aromatic heterocycles. The molecule has 0 N–H and O–H groups in total. The first-order chi connectivity index (χ1) is 12.0. The first kappa shape index (κ1) is 18.3. The number of amides is 1. The Morgan fingerprint density at radius 2 is 1.80 bits per heavy atom. The van der Waals surface area contributed by atoms with Gasteiger partial charge in [-0.05, 0) is 41.8 Å². The van der Waals surface area contributed by atoms with Gasteiger partial charge in [0, 0.05) is 28.0 Å². The molecule has 0 aliphatic carbocycles. The highest BCUT2D eigenvalue weighted by Gasteiger charge is 2.33. The highest BCUT2D eigenvalue weighted by molar-refractivity contribution is 9.11. The van der Waals surface area contributed by atoms with E-state index in [2.05, 4.69) is 44.0 Å². The summed E-state index contributed by atoms with van der Waals surface area (Å²) in [6.07, 6.45) is 0.737. The lowest BCUT2D eigenvalue weighted by atomic mass is 9.87. The summed E-state index contributed by atoms with van der Waals surface area (Å²) in [5.41, 5.74) is 3.22. The van der Waals surface area contributed by atoms with Crippen molar-refractivity contribution >= 4 is 37.8 Å². The van der Waals surface area contributed by atoms with Crippen molar-refractivity contribution in [2.24, 2.45) is 0 Å². The minimum Gasteiger partial charge on any atom is -0.493 e. The zero-order valence-corrected chi connectivity index (χ0v) is 17.5. The second-order valence-electron chi connectivity index (χ2n) is 5.94. The maximum atomic E-state index is 12.3. The van der Waals surface area contributed by atoms with Crippen LogP contribution in [-0.2, 0) is 11.2 Å². The number of benzene rings is 2. The summed E-state index contributed by atoms with van der Waals surface area (Å²) in [7, 11) is 3.29. The zero-order valence-electron chi connectivity index (χ0n) is 14.3. The summed E-state index contributed by atoms with van der Waals surface area (Å²) in [6.45, 7) is 2.26. The molecule has 0 fully saturated rings. The number of hydrogen-bond acceptors (Lipinski definition) is 3. The van der Waals surface area contributed by atoms with E-state index in [0.717, 1.165) is 37.8 Å². The predicted octanol–water partition coefficient (Wildman–Crippen LogP) is 4.72. The number of carbonyl (C=O) groups excluding carboxylic acids is 1. The fourth-order valence-corrected chi connectivity index (χ4v) is 4.81. The van der Waals surface area contributed by atoms with Crippen LogP contribution < -0.4 is 9.47 Å². The molecule has 132 valence electrons. The molecule has 1 atom stereocenters. The molecule has 6 heteroatoms. The molecule has 2 aromatic carbocycles. The third-order valence-electron chi connectivity index (χ3n) is 4.50. The van der Waals surface area contributed by atoms with Gasteiger partial charge in [0.25, 0.3) is 0 Å². The Kier molecular flexibility index (Phi) is 5.39. The van der Waals surface area contributed by atoms with E-state index < -0.39 is 0 Å². The molecule has 1 heterocycles. The molecular formula is C19H19Br2NO3. The minimum atomic E-state index is -0.158. The van der Waals surface area contributed by atoms with Crippen molar-refractivity contribution in [3.63, 3.8) is 0 Å². The molecule has 1 amide bonds. The maximum absolute atomic E-state index is 12.3. The lowest BCUT2D eigenvalue weighted by Crippen LogP contribution is -2.39. The third-order valence-corrected chi connectivity index (χ3v) is 5.41. The molecule has 1 aliphatic heterocycles. The Hall–Kier alpha value is -1.53. The molecule has 0 saturated heterocycles. The average Bonchev–Trinajstić information content (AvgIpc) is 2.58. The first-order valence-electron chi connectivity index (χ1n) is 7.93. The maximum Gasteiger partial charge on any atom is 0.220 e. The van der Waals surface area contributed by atoms with Crippen molar-refractivity contribution in [3.8, 4) is 11.5 Å². The van der Waals surface area contributed by atoms with Gasteiger partial charge in [0.1, 0.15) is 0 Å². The van der Waals surface area contributed by atoms with Crippen molar-refractivity contribution in [3.05, 3.63) is 56.0 Å². The van der Waals surface area contributed by atoms with E-state index in [4.69, 9.17) is 9.47 Å².